The van der Waals surface area contributed by atoms with Crippen LogP contribution in [0.1, 0.15) is 50.3 Å². The minimum absolute atomic E-state index is 0.259. The van der Waals surface area contributed by atoms with Gasteiger partial charge in [0.1, 0.15) is 0 Å². The molecule has 2 bridgehead atoms. The Morgan fingerprint density at radius 1 is 0.889 bits per heavy atom. The average Bonchev–Trinajstić information content (AvgIpc) is 2.72. The van der Waals surface area contributed by atoms with Crippen molar-refractivity contribution in [2.24, 2.45) is 23.2 Å². The minimum Gasteiger partial charge on any atom is -0.315 e. The number of hydrogen-bond donors (Lipinski definition) is 2. The van der Waals surface area contributed by atoms with Crippen molar-refractivity contribution in [1.29, 1.82) is 0 Å². The molecule has 0 saturated heterocycles. The number of hydrogen-bond acceptors (Lipinski definition) is 2. The highest BCUT2D eigenvalue weighted by Crippen LogP contribution is 2.61. The normalized spacial score (nSPS) is 26.0. The van der Waals surface area contributed by atoms with E-state index in [1.165, 1.54) is 36.9 Å². The summed E-state index contributed by atoms with van der Waals surface area (Å²) in [4.78, 5) is 0. The van der Waals surface area contributed by atoms with Gasteiger partial charge >= 0.3 is 0 Å². The number of nitrogens with one attached hydrogen (secondary N) is 2. The van der Waals surface area contributed by atoms with E-state index in [2.05, 4.69) is 85.1 Å². The van der Waals surface area contributed by atoms with Crippen LogP contribution < -0.4 is 10.6 Å². The third-order valence-corrected chi connectivity index (χ3v) is 7.32. The summed E-state index contributed by atoms with van der Waals surface area (Å²) in [5.74, 6) is 2.82. The van der Waals surface area contributed by atoms with Crippen LogP contribution in [0.15, 0.2) is 60.7 Å². The van der Waals surface area contributed by atoms with Gasteiger partial charge in [-0.15, -0.1) is 0 Å². The maximum atomic E-state index is 3.76. The standard InChI is InChI=1S/C25H34N2/c1-25(2)22-14-13-21(23(25)17-22)18-26-15-16-27-24(19-9-5-3-6-10-19)20-11-7-4-8-12-20/h3-12,21-24,26-27H,13-18H2,1-2H3/t21-,22-,23-/m0/s1. The molecule has 0 heterocycles. The summed E-state index contributed by atoms with van der Waals surface area (Å²) in [6, 6.07) is 21.8. The second-order valence-corrected chi connectivity index (χ2v) is 9.11. The fourth-order valence-corrected chi connectivity index (χ4v) is 5.52. The fraction of sp³-hybridized carbons (Fsp3) is 0.520. The second-order valence-electron chi connectivity index (χ2n) is 9.11. The predicted molar refractivity (Wildman–Crippen MR) is 114 cm³/mol. The highest BCUT2D eigenvalue weighted by atomic mass is 15.0. The molecule has 3 aliphatic rings. The van der Waals surface area contributed by atoms with Crippen LogP contribution in [0.4, 0.5) is 0 Å². The number of benzene rings is 2. The molecular formula is C25H34N2. The molecule has 2 aromatic carbocycles. The lowest BCUT2D eigenvalue weighted by atomic mass is 9.45. The molecule has 3 atom stereocenters. The molecule has 3 saturated carbocycles. The van der Waals surface area contributed by atoms with Gasteiger partial charge in [0.25, 0.3) is 0 Å². The first-order valence-corrected chi connectivity index (χ1v) is 10.7. The molecule has 3 aliphatic carbocycles. The van der Waals surface area contributed by atoms with E-state index in [0.717, 1.165) is 30.8 Å². The molecule has 0 aromatic heterocycles. The summed E-state index contributed by atoms with van der Waals surface area (Å²) < 4.78 is 0. The Morgan fingerprint density at radius 3 is 2.07 bits per heavy atom. The van der Waals surface area contributed by atoms with Crippen molar-refractivity contribution < 1.29 is 0 Å². The lowest BCUT2D eigenvalue weighted by molar-refractivity contribution is -0.103. The Labute approximate surface area is 164 Å². The smallest absolute Gasteiger partial charge is 0.0577 e. The molecule has 0 radical (unpaired) electrons. The first-order valence-electron chi connectivity index (χ1n) is 10.7. The van der Waals surface area contributed by atoms with E-state index >= 15 is 0 Å². The van der Waals surface area contributed by atoms with Crippen molar-refractivity contribution in [2.75, 3.05) is 19.6 Å². The summed E-state index contributed by atoms with van der Waals surface area (Å²) in [6.45, 7) is 8.18. The fourth-order valence-electron chi connectivity index (χ4n) is 5.52. The largest absolute Gasteiger partial charge is 0.315 e. The van der Waals surface area contributed by atoms with Crippen molar-refractivity contribution in [1.82, 2.24) is 10.6 Å². The van der Waals surface area contributed by atoms with Gasteiger partial charge in [-0.3, -0.25) is 0 Å². The van der Waals surface area contributed by atoms with Gasteiger partial charge in [-0.2, -0.15) is 0 Å². The molecule has 0 aliphatic heterocycles. The van der Waals surface area contributed by atoms with Crippen LogP contribution in [0.5, 0.6) is 0 Å². The quantitative estimate of drug-likeness (QED) is 0.644. The topological polar surface area (TPSA) is 24.1 Å². The van der Waals surface area contributed by atoms with E-state index in [0.29, 0.717) is 5.41 Å². The summed E-state index contributed by atoms with van der Waals surface area (Å²) >= 11 is 0. The number of rotatable bonds is 8. The molecule has 2 aromatic rings. The van der Waals surface area contributed by atoms with Gasteiger partial charge in [-0.1, -0.05) is 74.5 Å². The molecule has 2 heteroatoms. The highest BCUT2D eigenvalue weighted by molar-refractivity contribution is 5.31. The van der Waals surface area contributed by atoms with E-state index in [-0.39, 0.29) is 6.04 Å². The van der Waals surface area contributed by atoms with Crippen LogP contribution in [0.2, 0.25) is 0 Å². The number of fused-ring (bicyclic) bond motifs is 2. The monoisotopic (exact) mass is 362 g/mol. The van der Waals surface area contributed by atoms with E-state index < -0.39 is 0 Å². The second kappa shape index (κ2) is 8.16. The third kappa shape index (κ3) is 3.97. The van der Waals surface area contributed by atoms with Gasteiger partial charge < -0.3 is 10.6 Å². The lowest BCUT2D eigenvalue weighted by Gasteiger charge is -2.60. The molecule has 0 spiro atoms. The van der Waals surface area contributed by atoms with Crippen LogP contribution in [-0.4, -0.2) is 19.6 Å². The maximum Gasteiger partial charge on any atom is 0.0577 e. The van der Waals surface area contributed by atoms with Crippen molar-refractivity contribution in [3.8, 4) is 0 Å². The molecule has 0 amide bonds. The van der Waals surface area contributed by atoms with Gasteiger partial charge in [0.05, 0.1) is 6.04 Å². The highest BCUT2D eigenvalue weighted by Gasteiger charge is 2.53. The lowest BCUT2D eigenvalue weighted by Crippen LogP contribution is -2.54. The van der Waals surface area contributed by atoms with Crippen LogP contribution in [0.3, 0.4) is 0 Å². The van der Waals surface area contributed by atoms with Gasteiger partial charge in [0.15, 0.2) is 0 Å². The summed E-state index contributed by atoms with van der Waals surface area (Å²) in [7, 11) is 0. The zero-order valence-electron chi connectivity index (χ0n) is 16.8. The van der Waals surface area contributed by atoms with Crippen molar-refractivity contribution >= 4 is 0 Å². The van der Waals surface area contributed by atoms with E-state index in [1.54, 1.807) is 0 Å². The van der Waals surface area contributed by atoms with E-state index in [4.69, 9.17) is 0 Å². The SMILES string of the molecule is CC1(C)[C@H]2CC[C@@H](CNCCNC(c3ccccc3)c3ccccc3)[C@@H]1C2. The molecule has 27 heavy (non-hydrogen) atoms. The zero-order valence-corrected chi connectivity index (χ0v) is 16.8. The Kier molecular flexibility index (Phi) is 5.66. The average molecular weight is 363 g/mol. The molecule has 144 valence electrons. The molecule has 5 rings (SSSR count). The van der Waals surface area contributed by atoms with Crippen LogP contribution in [0.25, 0.3) is 0 Å². The van der Waals surface area contributed by atoms with Crippen LogP contribution in [-0.2, 0) is 0 Å². The predicted octanol–water partition coefficient (Wildman–Crippen LogP) is 5.03. The van der Waals surface area contributed by atoms with Crippen LogP contribution in [0, 0.1) is 23.2 Å². The molecule has 2 nitrogen and oxygen atoms in total. The summed E-state index contributed by atoms with van der Waals surface area (Å²) in [6.07, 6.45) is 4.34. The zero-order chi connectivity index (χ0) is 18.7. The Balaban J connectivity index is 1.28. The summed E-state index contributed by atoms with van der Waals surface area (Å²) in [5.41, 5.74) is 3.26. The van der Waals surface area contributed by atoms with Crippen molar-refractivity contribution in [3.05, 3.63) is 71.8 Å². The van der Waals surface area contributed by atoms with Gasteiger partial charge in [-0.05, 0) is 60.1 Å². The molecule has 0 unspecified atom stereocenters. The van der Waals surface area contributed by atoms with E-state index in [1.807, 2.05) is 0 Å². The minimum atomic E-state index is 0.259. The van der Waals surface area contributed by atoms with Crippen LogP contribution >= 0.6 is 0 Å². The third-order valence-electron chi connectivity index (χ3n) is 7.32. The summed E-state index contributed by atoms with van der Waals surface area (Å²) in [5, 5.41) is 7.51. The molecular weight excluding hydrogens is 328 g/mol. The van der Waals surface area contributed by atoms with E-state index in [9.17, 15) is 0 Å². The van der Waals surface area contributed by atoms with Gasteiger partial charge in [0, 0.05) is 13.1 Å². The Bertz CT molecular complexity index is 668. The molecule has 3 fully saturated rings. The Hall–Kier alpha value is -1.64. The van der Waals surface area contributed by atoms with Gasteiger partial charge in [0.2, 0.25) is 0 Å². The first kappa shape index (κ1) is 18.7. The Morgan fingerprint density at radius 2 is 1.52 bits per heavy atom. The molecule has 2 N–H and O–H groups in total. The van der Waals surface area contributed by atoms with Crippen molar-refractivity contribution in [2.45, 2.75) is 39.2 Å². The maximum absolute atomic E-state index is 3.76. The first-order chi connectivity index (χ1) is 13.2. The van der Waals surface area contributed by atoms with Gasteiger partial charge in [-0.25, -0.2) is 0 Å². The van der Waals surface area contributed by atoms with Crippen molar-refractivity contribution in [3.63, 3.8) is 0 Å².